The molecule has 3 aromatic rings. The van der Waals surface area contributed by atoms with Gasteiger partial charge in [0, 0.05) is 41.4 Å². The average Bonchev–Trinajstić information content (AvgIpc) is 3.30. The van der Waals surface area contributed by atoms with Crippen LogP contribution in [0, 0.1) is 0 Å². The van der Waals surface area contributed by atoms with Crippen molar-refractivity contribution in [1.82, 2.24) is 14.4 Å². The largest absolute Gasteiger partial charge is 0.462 e. The molecule has 2 aromatic carbocycles. The second-order valence-corrected chi connectivity index (χ2v) is 11.0. The van der Waals surface area contributed by atoms with E-state index in [1.165, 1.54) is 38.5 Å². The molecule has 5 rings (SSSR count). The molecule has 0 radical (unpaired) electrons. The number of ether oxygens (including phenoxy) is 2. The minimum atomic E-state index is -0.294. The first kappa shape index (κ1) is 33.2. The molecule has 0 amide bonds. The lowest BCUT2D eigenvalue weighted by Crippen LogP contribution is -2.31. The van der Waals surface area contributed by atoms with E-state index in [9.17, 15) is 9.59 Å². The van der Waals surface area contributed by atoms with Gasteiger partial charge in [-0.2, -0.15) is 0 Å². The Morgan fingerprint density at radius 1 is 0.659 bits per heavy atom. The van der Waals surface area contributed by atoms with E-state index in [0.29, 0.717) is 24.3 Å². The molecule has 0 saturated carbocycles. The number of aryl methyl sites for hydroxylation is 1. The van der Waals surface area contributed by atoms with Gasteiger partial charge in [-0.25, -0.2) is 9.59 Å². The normalized spacial score (nSPS) is 16.2. The molecule has 0 N–H and O–H groups in total. The van der Waals surface area contributed by atoms with Crippen LogP contribution in [0.1, 0.15) is 79.0 Å². The molecule has 0 aliphatic carbocycles. The van der Waals surface area contributed by atoms with E-state index in [4.69, 9.17) is 9.47 Å². The Morgan fingerprint density at radius 3 is 1.46 bits per heavy atom. The maximum absolute atomic E-state index is 12.9. The van der Waals surface area contributed by atoms with E-state index >= 15 is 0 Å². The number of carbonyl (C=O) groups excluding carboxylic acids is 2. The zero-order chi connectivity index (χ0) is 27.0. The minimum absolute atomic E-state index is 0. The van der Waals surface area contributed by atoms with Crippen molar-refractivity contribution < 1.29 is 19.1 Å². The van der Waals surface area contributed by atoms with Gasteiger partial charge in [0.25, 0.3) is 0 Å². The molecule has 3 heterocycles. The zero-order valence-corrected chi connectivity index (χ0v) is 25.9. The van der Waals surface area contributed by atoms with Crippen molar-refractivity contribution in [3.05, 3.63) is 47.5 Å². The van der Waals surface area contributed by atoms with Gasteiger partial charge in [-0.05, 0) is 108 Å². The molecular formula is C32H45Cl2N3O4. The van der Waals surface area contributed by atoms with Crippen LogP contribution in [0.15, 0.2) is 36.4 Å². The highest BCUT2D eigenvalue weighted by atomic mass is 35.5. The first-order valence-electron chi connectivity index (χ1n) is 15.0. The highest BCUT2D eigenvalue weighted by Crippen LogP contribution is 2.31. The number of hydrogen-bond donors (Lipinski definition) is 0. The highest BCUT2D eigenvalue weighted by molar-refractivity contribution is 6.12. The third-order valence-electron chi connectivity index (χ3n) is 8.25. The molecular weight excluding hydrogens is 561 g/mol. The van der Waals surface area contributed by atoms with E-state index in [0.717, 1.165) is 80.5 Å². The van der Waals surface area contributed by atoms with Gasteiger partial charge in [0.05, 0.1) is 24.3 Å². The fourth-order valence-corrected chi connectivity index (χ4v) is 6.14. The van der Waals surface area contributed by atoms with Crippen LogP contribution >= 0.6 is 24.8 Å². The monoisotopic (exact) mass is 605 g/mol. The van der Waals surface area contributed by atoms with Crippen molar-refractivity contribution >= 4 is 58.6 Å². The summed E-state index contributed by atoms with van der Waals surface area (Å²) in [5, 5.41) is 1.91. The number of aromatic nitrogens is 1. The third-order valence-corrected chi connectivity index (χ3v) is 8.25. The van der Waals surface area contributed by atoms with Crippen molar-refractivity contribution in [3.63, 3.8) is 0 Å². The summed E-state index contributed by atoms with van der Waals surface area (Å²) in [5.74, 6) is -0.588. The van der Waals surface area contributed by atoms with E-state index in [1.807, 2.05) is 36.4 Å². The molecule has 226 valence electrons. The van der Waals surface area contributed by atoms with Crippen LogP contribution < -0.4 is 0 Å². The number of hydrogen-bond acceptors (Lipinski definition) is 6. The van der Waals surface area contributed by atoms with Gasteiger partial charge >= 0.3 is 11.9 Å². The van der Waals surface area contributed by atoms with Gasteiger partial charge in [-0.15, -0.1) is 24.8 Å². The maximum atomic E-state index is 12.9. The van der Waals surface area contributed by atoms with Crippen molar-refractivity contribution in [2.24, 2.45) is 0 Å². The van der Waals surface area contributed by atoms with Gasteiger partial charge in [0.1, 0.15) is 0 Å². The lowest BCUT2D eigenvalue weighted by Gasteiger charge is -2.26. The topological polar surface area (TPSA) is 64.0 Å². The van der Waals surface area contributed by atoms with Crippen LogP contribution in [0.5, 0.6) is 0 Å². The third kappa shape index (κ3) is 8.38. The summed E-state index contributed by atoms with van der Waals surface area (Å²) in [6.07, 6.45) is 9.42. The molecule has 0 atom stereocenters. The number of nitrogens with zero attached hydrogens (tertiary/aromatic N) is 3. The van der Waals surface area contributed by atoms with Gasteiger partial charge in [0.15, 0.2) is 0 Å². The van der Waals surface area contributed by atoms with Crippen LogP contribution in [0.4, 0.5) is 0 Å². The summed E-state index contributed by atoms with van der Waals surface area (Å²) >= 11 is 0. The molecule has 2 aliphatic heterocycles. The number of likely N-dealkylation sites (tertiary alicyclic amines) is 2. The quantitative estimate of drug-likeness (QED) is 0.178. The SMILES string of the molecule is CCn1c2ccc(C(=O)OCCCN3CCCCC3)cc2c2cc(C(=O)OCCCN3CCCCC3)ccc21.Cl.Cl. The lowest BCUT2D eigenvalue weighted by atomic mass is 10.1. The Bertz CT molecular complexity index is 1190. The Morgan fingerprint density at radius 2 is 1.07 bits per heavy atom. The Balaban J connectivity index is 0.00000231. The van der Waals surface area contributed by atoms with Crippen LogP contribution in [-0.2, 0) is 16.0 Å². The second-order valence-electron chi connectivity index (χ2n) is 11.0. The summed E-state index contributed by atoms with van der Waals surface area (Å²) in [5.41, 5.74) is 3.17. The van der Waals surface area contributed by atoms with Gasteiger partial charge in [-0.3, -0.25) is 0 Å². The highest BCUT2D eigenvalue weighted by Gasteiger charge is 2.17. The van der Waals surface area contributed by atoms with Crippen molar-refractivity contribution in [2.75, 3.05) is 52.5 Å². The smallest absolute Gasteiger partial charge is 0.338 e. The van der Waals surface area contributed by atoms with Crippen LogP contribution in [0.3, 0.4) is 0 Å². The molecule has 2 aliphatic rings. The Labute approximate surface area is 256 Å². The first-order chi connectivity index (χ1) is 19.1. The summed E-state index contributed by atoms with van der Waals surface area (Å²) in [6.45, 7) is 10.3. The fourth-order valence-electron chi connectivity index (χ4n) is 6.14. The number of carbonyl (C=O) groups is 2. The van der Waals surface area contributed by atoms with Gasteiger partial charge < -0.3 is 23.8 Å². The minimum Gasteiger partial charge on any atom is -0.462 e. The summed E-state index contributed by atoms with van der Waals surface area (Å²) in [4.78, 5) is 30.7. The number of halogens is 2. The van der Waals surface area contributed by atoms with Crippen molar-refractivity contribution in [1.29, 1.82) is 0 Å². The molecule has 2 fully saturated rings. The number of fused-ring (bicyclic) bond motifs is 3. The molecule has 1 aromatic heterocycles. The standard InChI is InChI=1S/C32H43N3O4.2ClH/c1-2-35-29-13-11-25(31(36)38-21-9-19-33-15-5-3-6-16-33)23-27(29)28-24-26(12-14-30(28)35)32(37)39-22-10-20-34-17-7-4-8-18-34;;/h11-14,23-24H,2-10,15-22H2,1H3;2*1H. The molecule has 2 saturated heterocycles. The van der Waals surface area contributed by atoms with E-state index < -0.39 is 0 Å². The molecule has 7 nitrogen and oxygen atoms in total. The van der Waals surface area contributed by atoms with Crippen LogP contribution in [0.25, 0.3) is 21.8 Å². The summed E-state index contributed by atoms with van der Waals surface area (Å²) in [6, 6.07) is 11.5. The lowest BCUT2D eigenvalue weighted by molar-refractivity contribution is 0.0476. The van der Waals surface area contributed by atoms with Crippen LogP contribution in [0.2, 0.25) is 0 Å². The molecule has 41 heavy (non-hydrogen) atoms. The van der Waals surface area contributed by atoms with E-state index in [1.54, 1.807) is 0 Å². The Hall–Kier alpha value is -2.32. The number of esters is 2. The zero-order valence-electron chi connectivity index (χ0n) is 24.3. The maximum Gasteiger partial charge on any atom is 0.338 e. The van der Waals surface area contributed by atoms with E-state index in [-0.39, 0.29) is 36.8 Å². The number of benzene rings is 2. The van der Waals surface area contributed by atoms with Gasteiger partial charge in [0.2, 0.25) is 0 Å². The molecule has 9 heteroatoms. The summed E-state index contributed by atoms with van der Waals surface area (Å²) < 4.78 is 13.5. The number of rotatable bonds is 11. The van der Waals surface area contributed by atoms with Gasteiger partial charge in [-0.1, -0.05) is 12.8 Å². The van der Waals surface area contributed by atoms with Crippen molar-refractivity contribution in [3.8, 4) is 0 Å². The first-order valence-corrected chi connectivity index (χ1v) is 15.0. The molecule has 0 unspecified atom stereocenters. The Kier molecular flexibility index (Phi) is 13.2. The number of piperidine rings is 2. The molecule has 0 bridgehead atoms. The predicted molar refractivity (Wildman–Crippen MR) is 170 cm³/mol. The van der Waals surface area contributed by atoms with Crippen LogP contribution in [-0.4, -0.2) is 78.8 Å². The average molecular weight is 607 g/mol. The second kappa shape index (κ2) is 16.4. The van der Waals surface area contributed by atoms with E-state index in [2.05, 4.69) is 21.3 Å². The van der Waals surface area contributed by atoms with Crippen molar-refractivity contribution in [2.45, 2.75) is 64.8 Å². The summed E-state index contributed by atoms with van der Waals surface area (Å²) in [7, 11) is 0. The predicted octanol–water partition coefficient (Wildman–Crippen LogP) is 6.72. The molecule has 0 spiro atoms. The fraction of sp³-hybridized carbons (Fsp3) is 0.562.